The molecule has 4 heteroatoms. The Balaban J connectivity index is 1.69. The van der Waals surface area contributed by atoms with E-state index >= 15 is 0 Å². The first-order valence-electron chi connectivity index (χ1n) is 9.80. The van der Waals surface area contributed by atoms with Crippen molar-refractivity contribution in [3.05, 3.63) is 52.4 Å². The Bertz CT molecular complexity index is 787. The zero-order valence-corrected chi connectivity index (χ0v) is 15.8. The molecule has 0 radical (unpaired) electrons. The van der Waals surface area contributed by atoms with E-state index in [1.54, 1.807) is 6.07 Å². The molecule has 0 spiro atoms. The van der Waals surface area contributed by atoms with E-state index in [2.05, 4.69) is 0 Å². The third-order valence-corrected chi connectivity index (χ3v) is 7.55. The molecule has 1 N–H and O–H groups in total. The average Bonchev–Trinajstić information content (AvgIpc) is 3.35. The van der Waals surface area contributed by atoms with Gasteiger partial charge in [-0.25, -0.2) is 4.79 Å². The van der Waals surface area contributed by atoms with E-state index in [0.717, 1.165) is 18.4 Å². The van der Waals surface area contributed by atoms with Gasteiger partial charge < -0.3 is 9.52 Å². The number of aromatic hydroxyl groups is 1. The Kier molecular flexibility index (Phi) is 5.39. The molecule has 2 aromatic rings. The largest absolute Gasteiger partial charge is 0.507 e. The minimum Gasteiger partial charge on any atom is -0.507 e. The molecule has 1 aromatic carbocycles. The van der Waals surface area contributed by atoms with E-state index in [1.165, 1.54) is 38.5 Å². The fraction of sp³-hybridized carbons (Fsp3) is 0.500. The minimum atomic E-state index is -0.369. The van der Waals surface area contributed by atoms with E-state index in [0.29, 0.717) is 22.5 Å². The van der Waals surface area contributed by atoms with Crippen molar-refractivity contribution in [2.75, 3.05) is 0 Å². The van der Waals surface area contributed by atoms with Crippen LogP contribution in [0.3, 0.4) is 0 Å². The van der Waals surface area contributed by atoms with E-state index < -0.39 is 0 Å². The summed E-state index contributed by atoms with van der Waals surface area (Å²) in [7, 11) is 0. The van der Waals surface area contributed by atoms with Gasteiger partial charge in [-0.15, -0.1) is 11.8 Å². The van der Waals surface area contributed by atoms with E-state index in [-0.39, 0.29) is 16.6 Å². The third-order valence-electron chi connectivity index (χ3n) is 5.78. The molecule has 26 heavy (non-hydrogen) atoms. The topological polar surface area (TPSA) is 50.4 Å². The molecule has 0 unspecified atom stereocenters. The summed E-state index contributed by atoms with van der Waals surface area (Å²) in [6, 6.07) is 11.1. The van der Waals surface area contributed by atoms with Crippen LogP contribution in [0.25, 0.3) is 11.3 Å². The van der Waals surface area contributed by atoms with E-state index in [4.69, 9.17) is 4.42 Å². The Morgan fingerprint density at radius 1 is 1.00 bits per heavy atom. The molecular formula is C22H26O3S. The number of hydrogen-bond donors (Lipinski definition) is 1. The Labute approximate surface area is 158 Å². The van der Waals surface area contributed by atoms with Crippen molar-refractivity contribution in [3.63, 3.8) is 0 Å². The number of hydrogen-bond acceptors (Lipinski definition) is 4. The van der Waals surface area contributed by atoms with Gasteiger partial charge in [0.1, 0.15) is 11.5 Å². The fourth-order valence-corrected chi connectivity index (χ4v) is 6.27. The zero-order chi connectivity index (χ0) is 17.9. The number of thioether (sulfide) groups is 1. The molecule has 2 aliphatic carbocycles. The van der Waals surface area contributed by atoms with Crippen molar-refractivity contribution in [1.82, 2.24) is 0 Å². The van der Waals surface area contributed by atoms with Gasteiger partial charge >= 0.3 is 5.63 Å². The van der Waals surface area contributed by atoms with Crippen molar-refractivity contribution in [1.29, 1.82) is 0 Å². The summed E-state index contributed by atoms with van der Waals surface area (Å²) >= 11 is 1.91. The van der Waals surface area contributed by atoms with Crippen LogP contribution >= 0.6 is 11.8 Å². The first-order valence-corrected chi connectivity index (χ1v) is 10.7. The number of rotatable bonds is 5. The average molecular weight is 371 g/mol. The van der Waals surface area contributed by atoms with Gasteiger partial charge in [-0.3, -0.25) is 0 Å². The summed E-state index contributed by atoms with van der Waals surface area (Å²) in [6.45, 7) is 0. The highest BCUT2D eigenvalue weighted by atomic mass is 32.2. The highest BCUT2D eigenvalue weighted by molar-refractivity contribution is 8.00. The molecule has 2 saturated carbocycles. The fourth-order valence-electron chi connectivity index (χ4n) is 4.40. The highest BCUT2D eigenvalue weighted by Gasteiger charge is 2.34. The SMILES string of the molecule is O=c1oc(-c2ccccc2)cc(O)c1[C@@H](SC1CCCC1)C1CCCC1. The van der Waals surface area contributed by atoms with Gasteiger partial charge in [0.05, 0.1) is 5.56 Å². The van der Waals surface area contributed by atoms with Crippen molar-refractivity contribution in [3.8, 4) is 17.1 Å². The van der Waals surface area contributed by atoms with Crippen LogP contribution < -0.4 is 5.63 Å². The predicted octanol–water partition coefficient (Wildman–Crippen LogP) is 5.92. The van der Waals surface area contributed by atoms with E-state index in [9.17, 15) is 9.90 Å². The van der Waals surface area contributed by atoms with Crippen molar-refractivity contribution in [2.24, 2.45) is 5.92 Å². The second-order valence-electron chi connectivity index (χ2n) is 7.57. The molecule has 0 bridgehead atoms. The Hall–Kier alpha value is -1.68. The molecule has 1 atom stereocenters. The molecule has 4 rings (SSSR count). The van der Waals surface area contributed by atoms with Gasteiger partial charge in [-0.05, 0) is 31.6 Å². The lowest BCUT2D eigenvalue weighted by Crippen LogP contribution is -2.18. The van der Waals surface area contributed by atoms with Gasteiger partial charge in [-0.2, -0.15) is 0 Å². The molecule has 1 heterocycles. The van der Waals surface area contributed by atoms with Crippen LogP contribution in [-0.4, -0.2) is 10.4 Å². The lowest BCUT2D eigenvalue weighted by molar-refractivity contribution is 0.422. The monoisotopic (exact) mass is 370 g/mol. The maximum absolute atomic E-state index is 12.9. The second kappa shape index (κ2) is 7.91. The summed E-state index contributed by atoms with van der Waals surface area (Å²) < 4.78 is 5.65. The van der Waals surface area contributed by atoms with Gasteiger partial charge in [-0.1, -0.05) is 56.0 Å². The normalized spacial score (nSPS) is 19.8. The van der Waals surface area contributed by atoms with Crippen LogP contribution in [0.5, 0.6) is 5.75 Å². The third kappa shape index (κ3) is 3.71. The van der Waals surface area contributed by atoms with Crippen LogP contribution in [0.1, 0.15) is 62.2 Å². The maximum atomic E-state index is 12.9. The maximum Gasteiger partial charge on any atom is 0.344 e. The van der Waals surface area contributed by atoms with Gasteiger partial charge in [0.25, 0.3) is 0 Å². The first kappa shape index (κ1) is 17.7. The van der Waals surface area contributed by atoms with Crippen LogP contribution in [0.2, 0.25) is 0 Å². The van der Waals surface area contributed by atoms with Crippen LogP contribution in [0.15, 0.2) is 45.6 Å². The van der Waals surface area contributed by atoms with Gasteiger partial charge in [0.15, 0.2) is 0 Å². The smallest absolute Gasteiger partial charge is 0.344 e. The van der Waals surface area contributed by atoms with Gasteiger partial charge in [0, 0.05) is 22.1 Å². The molecule has 2 aliphatic rings. The predicted molar refractivity (Wildman–Crippen MR) is 107 cm³/mol. The van der Waals surface area contributed by atoms with E-state index in [1.807, 2.05) is 42.1 Å². The number of benzene rings is 1. The summed E-state index contributed by atoms with van der Waals surface area (Å²) in [6.07, 6.45) is 9.74. The summed E-state index contributed by atoms with van der Waals surface area (Å²) in [4.78, 5) is 12.9. The van der Waals surface area contributed by atoms with Crippen molar-refractivity contribution < 1.29 is 9.52 Å². The Morgan fingerprint density at radius 3 is 2.31 bits per heavy atom. The summed E-state index contributed by atoms with van der Waals surface area (Å²) in [5, 5.41) is 11.4. The highest BCUT2D eigenvalue weighted by Crippen LogP contribution is 2.49. The van der Waals surface area contributed by atoms with Crippen molar-refractivity contribution >= 4 is 11.8 Å². The quantitative estimate of drug-likeness (QED) is 0.710. The molecule has 138 valence electrons. The van der Waals surface area contributed by atoms with Crippen LogP contribution in [0.4, 0.5) is 0 Å². The minimum absolute atomic E-state index is 0.0571. The summed E-state index contributed by atoms with van der Waals surface area (Å²) in [5.74, 6) is 1.01. The lowest BCUT2D eigenvalue weighted by atomic mass is 9.97. The molecule has 0 aliphatic heterocycles. The molecule has 0 amide bonds. The molecular weight excluding hydrogens is 344 g/mol. The van der Waals surface area contributed by atoms with Crippen molar-refractivity contribution in [2.45, 2.75) is 61.9 Å². The zero-order valence-electron chi connectivity index (χ0n) is 15.0. The van der Waals surface area contributed by atoms with Gasteiger partial charge in [0.2, 0.25) is 0 Å². The summed E-state index contributed by atoms with van der Waals surface area (Å²) in [5.41, 5.74) is 0.937. The van der Waals surface area contributed by atoms with Crippen LogP contribution in [-0.2, 0) is 0 Å². The molecule has 1 aromatic heterocycles. The van der Waals surface area contributed by atoms with Crippen LogP contribution in [0, 0.1) is 5.92 Å². The Morgan fingerprint density at radius 2 is 1.65 bits per heavy atom. The molecule has 2 fully saturated rings. The standard InChI is InChI=1S/C22H26O3S/c23-18-14-19(15-8-2-1-3-9-15)25-22(24)20(18)21(16-10-4-5-11-16)26-17-12-6-7-13-17/h1-3,8-9,14,16-17,21,23H,4-7,10-13H2/t21-/m0/s1. The first-order chi connectivity index (χ1) is 12.7. The second-order valence-corrected chi connectivity index (χ2v) is 9.02. The molecule has 0 saturated heterocycles. The molecule has 3 nitrogen and oxygen atoms in total. The lowest BCUT2D eigenvalue weighted by Gasteiger charge is -2.26.